The number of hydrogen-bond donors (Lipinski definition) is 0. The van der Waals surface area contributed by atoms with Crippen molar-refractivity contribution in [2.75, 3.05) is 11.9 Å². The Morgan fingerprint density at radius 1 is 1.28 bits per heavy atom. The molecule has 0 aliphatic heterocycles. The maximum atomic E-state index is 12.3. The third-order valence-corrected chi connectivity index (χ3v) is 3.75. The van der Waals surface area contributed by atoms with E-state index >= 15 is 0 Å². The summed E-state index contributed by atoms with van der Waals surface area (Å²) in [6, 6.07) is 11.0. The lowest BCUT2D eigenvalue weighted by Gasteiger charge is -2.16. The summed E-state index contributed by atoms with van der Waals surface area (Å²) >= 11 is 1.44. The minimum Gasteiger partial charge on any atom is -0.311 e. The van der Waals surface area contributed by atoms with Crippen LogP contribution in [0.2, 0.25) is 0 Å². The largest absolute Gasteiger partial charge is 0.311 e. The molecule has 18 heavy (non-hydrogen) atoms. The molecule has 1 heterocycles. The summed E-state index contributed by atoms with van der Waals surface area (Å²) in [5.74, 6) is -0.0211. The summed E-state index contributed by atoms with van der Waals surface area (Å²) in [6.45, 7) is 1.93. The van der Waals surface area contributed by atoms with Gasteiger partial charge < -0.3 is 4.90 Å². The zero-order chi connectivity index (χ0) is 13.1. The van der Waals surface area contributed by atoms with Crippen LogP contribution >= 0.6 is 11.3 Å². The van der Waals surface area contributed by atoms with Crippen molar-refractivity contribution in [3.05, 3.63) is 51.7 Å². The number of amides is 1. The molecule has 0 spiro atoms. The van der Waals surface area contributed by atoms with Crippen molar-refractivity contribution < 1.29 is 4.79 Å². The second-order valence-electron chi connectivity index (χ2n) is 3.96. The number of aryl methyl sites for hydroxylation is 1. The summed E-state index contributed by atoms with van der Waals surface area (Å²) in [5.41, 5.74) is 2.36. The first-order valence-electron chi connectivity index (χ1n) is 5.46. The van der Waals surface area contributed by atoms with Crippen LogP contribution < -0.4 is 4.90 Å². The molecule has 1 aromatic carbocycles. The minimum atomic E-state index is -0.0211. The van der Waals surface area contributed by atoms with Crippen molar-refractivity contribution in [2.45, 2.75) is 6.92 Å². The van der Waals surface area contributed by atoms with Crippen LogP contribution in [0.1, 0.15) is 20.8 Å². The van der Waals surface area contributed by atoms with E-state index in [-0.39, 0.29) is 5.91 Å². The van der Waals surface area contributed by atoms with Crippen molar-refractivity contribution >= 4 is 22.9 Å². The molecular formula is C14H12N2OS. The smallest absolute Gasteiger partial charge is 0.268 e. The van der Waals surface area contributed by atoms with E-state index in [1.165, 1.54) is 11.3 Å². The van der Waals surface area contributed by atoms with Gasteiger partial charge in [-0.25, -0.2) is 0 Å². The summed E-state index contributed by atoms with van der Waals surface area (Å²) in [5, 5.41) is 10.6. The van der Waals surface area contributed by atoms with Crippen LogP contribution in [0, 0.1) is 18.3 Å². The van der Waals surface area contributed by atoms with Gasteiger partial charge in [0, 0.05) is 12.7 Å². The number of rotatable bonds is 2. The molecule has 0 saturated carbocycles. The summed E-state index contributed by atoms with van der Waals surface area (Å²) in [4.78, 5) is 14.6. The van der Waals surface area contributed by atoms with E-state index in [9.17, 15) is 4.79 Å². The van der Waals surface area contributed by atoms with E-state index in [4.69, 9.17) is 5.26 Å². The van der Waals surface area contributed by atoms with Crippen LogP contribution in [0.4, 0.5) is 5.69 Å². The fourth-order valence-corrected chi connectivity index (χ4v) is 2.52. The monoisotopic (exact) mass is 256 g/mol. The molecule has 3 nitrogen and oxygen atoms in total. The van der Waals surface area contributed by atoms with E-state index in [0.717, 1.165) is 16.1 Å². The fourth-order valence-electron chi connectivity index (χ4n) is 1.62. The van der Waals surface area contributed by atoms with Gasteiger partial charge in [0.1, 0.15) is 0 Å². The minimum absolute atomic E-state index is 0.0211. The van der Waals surface area contributed by atoms with Crippen LogP contribution in [-0.2, 0) is 0 Å². The molecule has 1 amide bonds. The molecule has 4 heteroatoms. The van der Waals surface area contributed by atoms with E-state index in [0.29, 0.717) is 5.56 Å². The third-order valence-electron chi connectivity index (χ3n) is 2.74. The molecule has 0 N–H and O–H groups in total. The predicted octanol–water partition coefficient (Wildman–Crippen LogP) is 3.20. The van der Waals surface area contributed by atoms with E-state index < -0.39 is 0 Å². The highest BCUT2D eigenvalue weighted by Gasteiger charge is 2.16. The van der Waals surface area contributed by atoms with Gasteiger partial charge in [0.25, 0.3) is 5.91 Å². The van der Waals surface area contributed by atoms with Gasteiger partial charge in [-0.05, 0) is 48.2 Å². The predicted molar refractivity (Wildman–Crippen MR) is 72.9 cm³/mol. The molecule has 1 aromatic heterocycles. The quantitative estimate of drug-likeness (QED) is 0.828. The number of carbonyl (C=O) groups is 1. The number of thiophene rings is 1. The first kappa shape index (κ1) is 12.3. The SMILES string of the molecule is Cc1ccsc1C(=O)N(C)c1ccc(C#N)cc1. The van der Waals surface area contributed by atoms with Crippen molar-refractivity contribution in [3.63, 3.8) is 0 Å². The van der Waals surface area contributed by atoms with Crippen LogP contribution in [0.5, 0.6) is 0 Å². The summed E-state index contributed by atoms with van der Waals surface area (Å²) in [7, 11) is 1.74. The summed E-state index contributed by atoms with van der Waals surface area (Å²) < 4.78 is 0. The van der Waals surface area contributed by atoms with Crippen molar-refractivity contribution in [1.29, 1.82) is 5.26 Å². The fraction of sp³-hybridized carbons (Fsp3) is 0.143. The summed E-state index contributed by atoms with van der Waals surface area (Å²) in [6.07, 6.45) is 0. The number of benzene rings is 1. The highest BCUT2D eigenvalue weighted by Crippen LogP contribution is 2.21. The van der Waals surface area contributed by atoms with Crippen molar-refractivity contribution in [3.8, 4) is 6.07 Å². The number of anilines is 1. The number of hydrogen-bond acceptors (Lipinski definition) is 3. The maximum absolute atomic E-state index is 12.3. The van der Waals surface area contributed by atoms with Crippen LogP contribution in [0.3, 0.4) is 0 Å². The van der Waals surface area contributed by atoms with Gasteiger partial charge >= 0.3 is 0 Å². The highest BCUT2D eigenvalue weighted by atomic mass is 32.1. The molecule has 2 aromatic rings. The first-order valence-corrected chi connectivity index (χ1v) is 6.34. The van der Waals surface area contributed by atoms with Gasteiger partial charge in [0.15, 0.2) is 0 Å². The molecule has 0 unspecified atom stereocenters. The van der Waals surface area contributed by atoms with Crippen LogP contribution in [-0.4, -0.2) is 13.0 Å². The molecule has 0 fully saturated rings. The topological polar surface area (TPSA) is 44.1 Å². The Morgan fingerprint density at radius 3 is 2.44 bits per heavy atom. The molecule has 0 radical (unpaired) electrons. The van der Waals surface area contributed by atoms with Crippen molar-refractivity contribution in [1.82, 2.24) is 0 Å². The number of carbonyl (C=O) groups excluding carboxylic acids is 1. The van der Waals surface area contributed by atoms with Gasteiger partial charge in [0.05, 0.1) is 16.5 Å². The van der Waals surface area contributed by atoms with E-state index in [2.05, 4.69) is 6.07 Å². The Bertz CT molecular complexity index is 607. The molecule has 2 rings (SSSR count). The zero-order valence-corrected chi connectivity index (χ0v) is 11.0. The standard InChI is InChI=1S/C14H12N2OS/c1-10-7-8-18-13(10)14(17)16(2)12-5-3-11(9-15)4-6-12/h3-8H,1-2H3. The number of nitriles is 1. The molecular weight excluding hydrogens is 244 g/mol. The van der Waals surface area contributed by atoms with Gasteiger partial charge in [0.2, 0.25) is 0 Å². The third kappa shape index (κ3) is 2.27. The molecule has 0 bridgehead atoms. The Balaban J connectivity index is 2.26. The Morgan fingerprint density at radius 2 is 1.94 bits per heavy atom. The van der Waals surface area contributed by atoms with Crippen LogP contribution in [0.25, 0.3) is 0 Å². The molecule has 90 valence electrons. The lowest BCUT2D eigenvalue weighted by atomic mass is 10.2. The molecule has 0 aliphatic carbocycles. The van der Waals surface area contributed by atoms with Gasteiger partial charge in [-0.3, -0.25) is 4.79 Å². The molecule has 0 atom stereocenters. The highest BCUT2D eigenvalue weighted by molar-refractivity contribution is 7.12. The second kappa shape index (κ2) is 5.03. The maximum Gasteiger partial charge on any atom is 0.268 e. The van der Waals surface area contributed by atoms with Gasteiger partial charge in [-0.2, -0.15) is 5.26 Å². The molecule has 0 saturated heterocycles. The lowest BCUT2D eigenvalue weighted by molar-refractivity contribution is 0.0996. The Kier molecular flexibility index (Phi) is 3.45. The van der Waals surface area contributed by atoms with Crippen LogP contribution in [0.15, 0.2) is 35.7 Å². The average molecular weight is 256 g/mol. The van der Waals surface area contributed by atoms with Crippen molar-refractivity contribution in [2.24, 2.45) is 0 Å². The second-order valence-corrected chi connectivity index (χ2v) is 4.87. The van der Waals surface area contributed by atoms with E-state index in [1.807, 2.05) is 18.4 Å². The Hall–Kier alpha value is -2.12. The van der Waals surface area contributed by atoms with E-state index in [1.54, 1.807) is 36.2 Å². The molecule has 0 aliphatic rings. The lowest BCUT2D eigenvalue weighted by Crippen LogP contribution is -2.25. The normalized spacial score (nSPS) is 9.83. The average Bonchev–Trinajstić information content (AvgIpc) is 2.83. The number of nitrogens with zero attached hydrogens (tertiary/aromatic N) is 2. The van der Waals surface area contributed by atoms with Gasteiger partial charge in [-0.1, -0.05) is 0 Å². The van der Waals surface area contributed by atoms with Gasteiger partial charge in [-0.15, -0.1) is 11.3 Å². The Labute approximate surface area is 110 Å². The first-order chi connectivity index (χ1) is 8.63. The zero-order valence-electron chi connectivity index (χ0n) is 10.2.